The maximum absolute atomic E-state index is 12.4. The number of rotatable bonds is 3. The zero-order valence-corrected chi connectivity index (χ0v) is 13.2. The number of aliphatic hydroxyl groups is 1. The van der Waals surface area contributed by atoms with Crippen molar-refractivity contribution >= 4 is 11.7 Å². The Balaban J connectivity index is 1.97. The highest BCUT2D eigenvalue weighted by Crippen LogP contribution is 2.27. The molecule has 1 aliphatic carbocycles. The van der Waals surface area contributed by atoms with Crippen LogP contribution in [0.3, 0.4) is 0 Å². The SMILES string of the molecule is Cc1cccc(C)c1NC(=O)N(C)C1CCC(CO)CC1. The van der Waals surface area contributed by atoms with Crippen molar-refractivity contribution in [3.05, 3.63) is 29.3 Å². The van der Waals surface area contributed by atoms with E-state index in [9.17, 15) is 9.90 Å². The molecular weight excluding hydrogens is 264 g/mol. The van der Waals surface area contributed by atoms with Crippen molar-refractivity contribution < 1.29 is 9.90 Å². The van der Waals surface area contributed by atoms with Gasteiger partial charge in [-0.3, -0.25) is 0 Å². The third kappa shape index (κ3) is 3.76. The molecule has 1 aromatic rings. The molecule has 0 radical (unpaired) electrons. The van der Waals surface area contributed by atoms with E-state index in [0.717, 1.165) is 42.5 Å². The summed E-state index contributed by atoms with van der Waals surface area (Å²) in [4.78, 5) is 14.3. The fourth-order valence-electron chi connectivity index (χ4n) is 3.09. The average Bonchev–Trinajstić information content (AvgIpc) is 2.50. The van der Waals surface area contributed by atoms with Crippen LogP contribution in [-0.4, -0.2) is 35.7 Å². The lowest BCUT2D eigenvalue weighted by Crippen LogP contribution is -2.42. The average molecular weight is 290 g/mol. The van der Waals surface area contributed by atoms with Crippen LogP contribution in [0, 0.1) is 19.8 Å². The molecule has 0 aromatic heterocycles. The first-order valence-electron chi connectivity index (χ1n) is 7.73. The van der Waals surface area contributed by atoms with Gasteiger partial charge >= 0.3 is 6.03 Å². The molecule has 1 aromatic carbocycles. The van der Waals surface area contributed by atoms with Gasteiger partial charge in [-0.1, -0.05) is 18.2 Å². The fourth-order valence-corrected chi connectivity index (χ4v) is 3.09. The van der Waals surface area contributed by atoms with E-state index in [0.29, 0.717) is 5.92 Å². The molecule has 1 aliphatic rings. The standard InChI is InChI=1S/C17H26N2O2/c1-12-5-4-6-13(2)16(12)18-17(21)19(3)15-9-7-14(11-20)8-10-15/h4-6,14-15,20H,7-11H2,1-3H3,(H,18,21). The summed E-state index contributed by atoms with van der Waals surface area (Å²) in [5.41, 5.74) is 3.08. The highest BCUT2D eigenvalue weighted by atomic mass is 16.3. The minimum atomic E-state index is -0.0418. The Morgan fingerprint density at radius 1 is 1.24 bits per heavy atom. The van der Waals surface area contributed by atoms with Gasteiger partial charge in [0.25, 0.3) is 0 Å². The third-order valence-corrected chi connectivity index (χ3v) is 4.66. The molecule has 0 bridgehead atoms. The van der Waals surface area contributed by atoms with Gasteiger partial charge in [-0.2, -0.15) is 0 Å². The maximum Gasteiger partial charge on any atom is 0.321 e. The van der Waals surface area contributed by atoms with Crippen molar-refractivity contribution in [1.29, 1.82) is 0 Å². The number of carbonyl (C=O) groups is 1. The number of hydrogen-bond donors (Lipinski definition) is 2. The zero-order valence-electron chi connectivity index (χ0n) is 13.2. The number of anilines is 1. The maximum atomic E-state index is 12.4. The molecule has 21 heavy (non-hydrogen) atoms. The molecule has 4 heteroatoms. The second kappa shape index (κ2) is 6.94. The monoisotopic (exact) mass is 290 g/mol. The van der Waals surface area contributed by atoms with Crippen LogP contribution in [-0.2, 0) is 0 Å². The molecule has 0 spiro atoms. The fraction of sp³-hybridized carbons (Fsp3) is 0.588. The van der Waals surface area contributed by atoms with Gasteiger partial charge in [-0.15, -0.1) is 0 Å². The molecule has 2 rings (SSSR count). The summed E-state index contributed by atoms with van der Waals surface area (Å²) in [5.74, 6) is 0.413. The molecule has 0 saturated heterocycles. The van der Waals surface area contributed by atoms with Gasteiger partial charge in [0, 0.05) is 25.4 Å². The smallest absolute Gasteiger partial charge is 0.321 e. The molecular formula is C17H26N2O2. The third-order valence-electron chi connectivity index (χ3n) is 4.66. The molecule has 4 nitrogen and oxygen atoms in total. The molecule has 0 heterocycles. The number of amides is 2. The van der Waals surface area contributed by atoms with Crippen molar-refractivity contribution in [2.45, 2.75) is 45.6 Å². The lowest BCUT2D eigenvalue weighted by atomic mass is 9.86. The number of aliphatic hydroxyl groups excluding tert-OH is 1. The zero-order chi connectivity index (χ0) is 15.4. The van der Waals surface area contributed by atoms with Gasteiger partial charge in [-0.05, 0) is 56.6 Å². The van der Waals surface area contributed by atoms with Crippen LogP contribution in [0.15, 0.2) is 18.2 Å². The Bertz CT molecular complexity index is 473. The lowest BCUT2D eigenvalue weighted by molar-refractivity contribution is 0.139. The van der Waals surface area contributed by atoms with Gasteiger partial charge in [0.05, 0.1) is 0 Å². The minimum absolute atomic E-state index is 0.0418. The second-order valence-electron chi connectivity index (χ2n) is 6.16. The number of para-hydroxylation sites is 1. The first-order chi connectivity index (χ1) is 10.0. The van der Waals surface area contributed by atoms with Crippen LogP contribution in [0.1, 0.15) is 36.8 Å². The topological polar surface area (TPSA) is 52.6 Å². The van der Waals surface area contributed by atoms with Crippen molar-refractivity contribution in [3.63, 3.8) is 0 Å². The number of carbonyl (C=O) groups excluding carboxylic acids is 1. The van der Waals surface area contributed by atoms with E-state index in [4.69, 9.17) is 0 Å². The highest BCUT2D eigenvalue weighted by molar-refractivity contribution is 5.91. The summed E-state index contributed by atoms with van der Waals surface area (Å²) in [6, 6.07) is 6.25. The van der Waals surface area contributed by atoms with E-state index in [-0.39, 0.29) is 18.7 Å². The number of hydrogen-bond acceptors (Lipinski definition) is 2. The first-order valence-corrected chi connectivity index (χ1v) is 7.73. The molecule has 0 atom stereocenters. The summed E-state index contributed by atoms with van der Waals surface area (Å²) in [5, 5.41) is 12.2. The Morgan fingerprint density at radius 3 is 2.33 bits per heavy atom. The Labute approximate surface area is 127 Å². The van der Waals surface area contributed by atoms with Gasteiger partial charge in [0.2, 0.25) is 0 Å². The van der Waals surface area contributed by atoms with Crippen molar-refractivity contribution in [2.24, 2.45) is 5.92 Å². The Hall–Kier alpha value is -1.55. The Kier molecular flexibility index (Phi) is 5.23. The number of nitrogens with one attached hydrogen (secondary N) is 1. The van der Waals surface area contributed by atoms with Crippen LogP contribution >= 0.6 is 0 Å². The predicted octanol–water partition coefficient (Wildman–Crippen LogP) is 3.32. The van der Waals surface area contributed by atoms with E-state index in [1.165, 1.54) is 0 Å². The van der Waals surface area contributed by atoms with Crippen molar-refractivity contribution in [3.8, 4) is 0 Å². The summed E-state index contributed by atoms with van der Waals surface area (Å²) in [7, 11) is 1.87. The summed E-state index contributed by atoms with van der Waals surface area (Å²) < 4.78 is 0. The quantitative estimate of drug-likeness (QED) is 0.897. The number of benzene rings is 1. The minimum Gasteiger partial charge on any atom is -0.396 e. The molecule has 1 saturated carbocycles. The Morgan fingerprint density at radius 2 is 1.81 bits per heavy atom. The van der Waals surface area contributed by atoms with E-state index in [1.807, 2.05) is 44.0 Å². The van der Waals surface area contributed by atoms with Gasteiger partial charge < -0.3 is 15.3 Å². The summed E-state index contributed by atoms with van der Waals surface area (Å²) in [6.45, 7) is 4.29. The normalized spacial score (nSPS) is 21.9. The van der Waals surface area contributed by atoms with E-state index in [1.54, 1.807) is 0 Å². The van der Waals surface area contributed by atoms with Crippen LogP contribution in [0.4, 0.5) is 10.5 Å². The lowest BCUT2D eigenvalue weighted by Gasteiger charge is -2.34. The van der Waals surface area contributed by atoms with Crippen LogP contribution in [0.5, 0.6) is 0 Å². The van der Waals surface area contributed by atoms with Crippen LogP contribution in [0.2, 0.25) is 0 Å². The van der Waals surface area contributed by atoms with E-state index < -0.39 is 0 Å². The number of urea groups is 1. The summed E-state index contributed by atoms with van der Waals surface area (Å²) >= 11 is 0. The highest BCUT2D eigenvalue weighted by Gasteiger charge is 2.26. The van der Waals surface area contributed by atoms with Gasteiger partial charge in [-0.25, -0.2) is 4.79 Å². The number of nitrogens with zero attached hydrogens (tertiary/aromatic N) is 1. The van der Waals surface area contributed by atoms with Gasteiger partial charge in [0.15, 0.2) is 0 Å². The van der Waals surface area contributed by atoms with Crippen molar-refractivity contribution in [2.75, 3.05) is 19.0 Å². The molecule has 2 amide bonds. The molecule has 0 unspecified atom stereocenters. The molecule has 2 N–H and O–H groups in total. The largest absolute Gasteiger partial charge is 0.396 e. The van der Waals surface area contributed by atoms with Gasteiger partial charge in [0.1, 0.15) is 0 Å². The molecule has 116 valence electrons. The first kappa shape index (κ1) is 15.8. The number of aryl methyl sites for hydroxylation is 2. The molecule has 1 fully saturated rings. The van der Waals surface area contributed by atoms with Crippen LogP contribution in [0.25, 0.3) is 0 Å². The van der Waals surface area contributed by atoms with Crippen molar-refractivity contribution in [1.82, 2.24) is 4.90 Å². The predicted molar refractivity (Wildman–Crippen MR) is 85.5 cm³/mol. The summed E-state index contributed by atoms with van der Waals surface area (Å²) in [6.07, 6.45) is 3.95. The van der Waals surface area contributed by atoms with Crippen LogP contribution < -0.4 is 5.32 Å². The molecule has 0 aliphatic heterocycles. The second-order valence-corrected chi connectivity index (χ2v) is 6.16. The van der Waals surface area contributed by atoms with E-state index >= 15 is 0 Å². The van der Waals surface area contributed by atoms with E-state index in [2.05, 4.69) is 5.32 Å².